The molecule has 1 aromatic carbocycles. The highest BCUT2D eigenvalue weighted by Crippen LogP contribution is 2.43. The average Bonchev–Trinajstić information content (AvgIpc) is 2.53. The van der Waals surface area contributed by atoms with Gasteiger partial charge < -0.3 is 14.3 Å². The number of oxime groups is 1. The molecule has 0 bridgehead atoms. The van der Waals surface area contributed by atoms with Crippen molar-refractivity contribution in [2.75, 3.05) is 19.8 Å². The topological polar surface area (TPSA) is 40.0 Å². The van der Waals surface area contributed by atoms with E-state index >= 15 is 0 Å². The minimum Gasteiger partial charge on any atom is -0.491 e. The lowest BCUT2D eigenvalue weighted by molar-refractivity contribution is -0.139. The molecule has 152 valence electrons. The van der Waals surface area contributed by atoms with Gasteiger partial charge in [0.15, 0.2) is 0 Å². The molecule has 0 atom stereocenters. The lowest BCUT2D eigenvalue weighted by Gasteiger charge is -2.17. The van der Waals surface area contributed by atoms with Crippen molar-refractivity contribution in [1.82, 2.24) is 0 Å². The number of unbranched alkanes of at least 4 members (excludes halogenated alkanes) is 1. The minimum atomic E-state index is -4.75. The van der Waals surface area contributed by atoms with Gasteiger partial charge in [0, 0.05) is 12.1 Å². The summed E-state index contributed by atoms with van der Waals surface area (Å²) in [4.78, 5) is 4.97. The Morgan fingerprint density at radius 1 is 1.11 bits per heavy atom. The highest BCUT2D eigenvalue weighted by molar-refractivity contribution is 6.32. The summed E-state index contributed by atoms with van der Waals surface area (Å²) in [6.07, 6.45) is -5.38. The second-order valence-electron chi connectivity index (χ2n) is 5.51. The van der Waals surface area contributed by atoms with E-state index in [0.29, 0.717) is 31.6 Å². The van der Waals surface area contributed by atoms with E-state index in [0.717, 1.165) is 11.8 Å². The predicted octanol–water partition coefficient (Wildman–Crippen LogP) is 6.09. The molecule has 0 aliphatic heterocycles. The molecule has 0 spiro atoms. The summed E-state index contributed by atoms with van der Waals surface area (Å²) in [6.45, 7) is 3.23. The molecule has 0 aromatic heterocycles. The van der Waals surface area contributed by atoms with Gasteiger partial charge in [-0.05, 0) is 32.8 Å². The first-order valence-corrected chi connectivity index (χ1v) is 8.29. The maximum atomic E-state index is 13.2. The number of hydrogen-bond donors (Lipinski definition) is 0. The Labute approximate surface area is 158 Å². The molecule has 1 rings (SSSR count). The molecule has 0 amide bonds. The van der Waals surface area contributed by atoms with Crippen LogP contribution in [0.15, 0.2) is 29.4 Å². The Morgan fingerprint density at radius 3 is 2.37 bits per heavy atom. The van der Waals surface area contributed by atoms with Crippen LogP contribution >= 0.6 is 11.6 Å². The van der Waals surface area contributed by atoms with E-state index in [1.54, 1.807) is 13.8 Å². The summed E-state index contributed by atoms with van der Waals surface area (Å²) in [5.41, 5.74) is -0.392. The first-order valence-electron chi connectivity index (χ1n) is 7.92. The summed E-state index contributed by atoms with van der Waals surface area (Å²) < 4.78 is 73.7. The van der Waals surface area contributed by atoms with Crippen LogP contribution in [0.4, 0.5) is 22.0 Å². The van der Waals surface area contributed by atoms with Gasteiger partial charge in [-0.1, -0.05) is 16.8 Å². The standard InChI is InChI=1S/C17H19ClF5NO3/c1-11(2)24-27-7-4-3-6-26-16-13(17(21,22)23)9-12(10-14(16)18)25-8-5-15(19)20/h5,9-10H,3-4,6-8H2,1-2H3. The van der Waals surface area contributed by atoms with Gasteiger partial charge in [-0.15, -0.1) is 0 Å². The van der Waals surface area contributed by atoms with E-state index in [9.17, 15) is 22.0 Å². The molecular weight excluding hydrogens is 397 g/mol. The number of alkyl halides is 3. The van der Waals surface area contributed by atoms with Crippen molar-refractivity contribution >= 4 is 17.3 Å². The molecule has 0 saturated heterocycles. The van der Waals surface area contributed by atoms with Gasteiger partial charge >= 0.3 is 6.18 Å². The van der Waals surface area contributed by atoms with Gasteiger partial charge in [-0.3, -0.25) is 0 Å². The van der Waals surface area contributed by atoms with Crippen LogP contribution in [-0.2, 0) is 11.0 Å². The van der Waals surface area contributed by atoms with Crippen LogP contribution in [0.5, 0.6) is 11.5 Å². The molecule has 0 saturated carbocycles. The third kappa shape index (κ3) is 8.94. The van der Waals surface area contributed by atoms with Crippen molar-refractivity contribution in [2.24, 2.45) is 5.16 Å². The predicted molar refractivity (Wildman–Crippen MR) is 91.7 cm³/mol. The molecule has 0 aliphatic rings. The fourth-order valence-corrected chi connectivity index (χ4v) is 2.09. The van der Waals surface area contributed by atoms with Crippen LogP contribution in [-0.4, -0.2) is 25.5 Å². The van der Waals surface area contributed by atoms with Crippen molar-refractivity contribution in [2.45, 2.75) is 32.9 Å². The molecule has 1 aromatic rings. The van der Waals surface area contributed by atoms with E-state index in [2.05, 4.69) is 5.16 Å². The van der Waals surface area contributed by atoms with Crippen LogP contribution in [0.25, 0.3) is 0 Å². The van der Waals surface area contributed by atoms with Crippen molar-refractivity contribution < 1.29 is 36.3 Å². The van der Waals surface area contributed by atoms with E-state index in [1.165, 1.54) is 0 Å². The van der Waals surface area contributed by atoms with Gasteiger partial charge in [0.2, 0.25) is 0 Å². The fraction of sp³-hybridized carbons (Fsp3) is 0.471. The third-order valence-corrected chi connectivity index (χ3v) is 3.21. The lowest BCUT2D eigenvalue weighted by atomic mass is 10.1. The molecule has 0 unspecified atom stereocenters. The van der Waals surface area contributed by atoms with Crippen LogP contribution in [0, 0.1) is 0 Å². The van der Waals surface area contributed by atoms with Crippen molar-refractivity contribution in [3.8, 4) is 11.5 Å². The van der Waals surface area contributed by atoms with Crippen molar-refractivity contribution in [3.05, 3.63) is 34.9 Å². The molecule has 0 radical (unpaired) electrons. The quantitative estimate of drug-likeness (QED) is 0.201. The monoisotopic (exact) mass is 415 g/mol. The van der Waals surface area contributed by atoms with E-state index in [1.807, 2.05) is 0 Å². The third-order valence-electron chi connectivity index (χ3n) is 2.93. The first kappa shape index (κ1) is 23.0. The number of benzene rings is 1. The van der Waals surface area contributed by atoms with Crippen LogP contribution in [0.3, 0.4) is 0 Å². The molecule has 0 N–H and O–H groups in total. The number of halogens is 6. The van der Waals surface area contributed by atoms with Crippen molar-refractivity contribution in [3.63, 3.8) is 0 Å². The second kappa shape index (κ2) is 11.0. The Hall–Kier alpha value is -2.03. The smallest absolute Gasteiger partial charge is 0.420 e. The van der Waals surface area contributed by atoms with Gasteiger partial charge in [0.1, 0.15) is 30.3 Å². The summed E-state index contributed by atoms with van der Waals surface area (Å²) in [5, 5.41) is 3.40. The minimum absolute atomic E-state index is 0.0169. The molecular formula is C17H19ClF5NO3. The summed E-state index contributed by atoms with van der Waals surface area (Å²) in [5.74, 6) is -0.828. The summed E-state index contributed by atoms with van der Waals surface area (Å²) in [6, 6.07) is 1.74. The first-order chi connectivity index (χ1) is 12.6. The number of hydrogen-bond acceptors (Lipinski definition) is 4. The molecule has 27 heavy (non-hydrogen) atoms. The number of ether oxygens (including phenoxy) is 2. The van der Waals surface area contributed by atoms with Gasteiger partial charge in [0.05, 0.1) is 17.3 Å². The van der Waals surface area contributed by atoms with E-state index < -0.39 is 30.2 Å². The van der Waals surface area contributed by atoms with E-state index in [4.69, 9.17) is 25.9 Å². The van der Waals surface area contributed by atoms with Gasteiger partial charge in [-0.2, -0.15) is 22.0 Å². The summed E-state index contributed by atoms with van der Waals surface area (Å²) >= 11 is 5.87. The van der Waals surface area contributed by atoms with Crippen molar-refractivity contribution in [1.29, 1.82) is 0 Å². The Bertz CT molecular complexity index is 669. The zero-order chi connectivity index (χ0) is 20.4. The zero-order valence-corrected chi connectivity index (χ0v) is 15.5. The largest absolute Gasteiger partial charge is 0.491 e. The Morgan fingerprint density at radius 2 is 1.78 bits per heavy atom. The Balaban J connectivity index is 2.74. The second-order valence-corrected chi connectivity index (χ2v) is 5.92. The molecule has 4 nitrogen and oxygen atoms in total. The Kier molecular flexibility index (Phi) is 9.34. The molecule has 0 fully saturated rings. The molecule has 10 heteroatoms. The highest BCUT2D eigenvalue weighted by Gasteiger charge is 2.36. The molecule has 0 aliphatic carbocycles. The number of rotatable bonds is 10. The summed E-state index contributed by atoms with van der Waals surface area (Å²) in [7, 11) is 0. The van der Waals surface area contributed by atoms with Gasteiger partial charge in [0.25, 0.3) is 6.08 Å². The van der Waals surface area contributed by atoms with Crippen LogP contribution in [0.1, 0.15) is 32.3 Å². The SMILES string of the molecule is CC(C)=NOCCCCOc1c(Cl)cc(OCC=C(F)F)cc1C(F)(F)F. The van der Waals surface area contributed by atoms with Crippen LogP contribution in [0.2, 0.25) is 5.02 Å². The molecule has 0 heterocycles. The maximum absolute atomic E-state index is 13.2. The lowest BCUT2D eigenvalue weighted by Crippen LogP contribution is -2.11. The normalized spacial score (nSPS) is 11.0. The average molecular weight is 416 g/mol. The maximum Gasteiger partial charge on any atom is 0.420 e. The van der Waals surface area contributed by atoms with Gasteiger partial charge in [-0.25, -0.2) is 0 Å². The highest BCUT2D eigenvalue weighted by atomic mass is 35.5. The van der Waals surface area contributed by atoms with E-state index in [-0.39, 0.29) is 17.4 Å². The van der Waals surface area contributed by atoms with Crippen LogP contribution < -0.4 is 9.47 Å². The fourth-order valence-electron chi connectivity index (χ4n) is 1.83. The zero-order valence-electron chi connectivity index (χ0n) is 14.7. The number of nitrogens with zero attached hydrogens (tertiary/aromatic N) is 1.